The zero-order valence-electron chi connectivity index (χ0n) is 21.5. The van der Waals surface area contributed by atoms with Crippen molar-refractivity contribution in [2.24, 2.45) is 0 Å². The molecule has 1 fully saturated rings. The van der Waals surface area contributed by atoms with Crippen molar-refractivity contribution in [2.75, 3.05) is 41.4 Å². The number of anilines is 3. The molecule has 0 radical (unpaired) electrons. The lowest BCUT2D eigenvalue weighted by Gasteiger charge is -2.40. The highest BCUT2D eigenvalue weighted by Gasteiger charge is 2.39. The number of benzene rings is 2. The molecule has 1 N–H and O–H groups in total. The first-order chi connectivity index (χ1) is 18.8. The Labute approximate surface area is 224 Å². The number of morpholine rings is 1. The number of aromatic nitrogens is 2. The van der Waals surface area contributed by atoms with E-state index < -0.39 is 23.9 Å². The van der Waals surface area contributed by atoms with Crippen LogP contribution in [0.1, 0.15) is 42.5 Å². The first-order valence-corrected chi connectivity index (χ1v) is 13.0. The summed E-state index contributed by atoms with van der Waals surface area (Å²) < 4.78 is 52.0. The second kappa shape index (κ2) is 11.5. The Bertz CT molecular complexity index is 1270. The fraction of sp³-hybridized carbons (Fsp3) is 0.393. The third kappa shape index (κ3) is 6.08. The molecule has 2 aromatic carbocycles. The van der Waals surface area contributed by atoms with E-state index in [1.807, 2.05) is 37.3 Å². The van der Waals surface area contributed by atoms with E-state index in [0.29, 0.717) is 43.3 Å². The van der Waals surface area contributed by atoms with E-state index >= 15 is 0 Å². The molecule has 5 rings (SSSR count). The van der Waals surface area contributed by atoms with Crippen LogP contribution in [0.25, 0.3) is 0 Å². The number of rotatable bonds is 6. The molecule has 0 unspecified atom stereocenters. The van der Waals surface area contributed by atoms with Crippen LogP contribution < -0.4 is 15.1 Å². The summed E-state index contributed by atoms with van der Waals surface area (Å²) in [6, 6.07) is 11.8. The first kappa shape index (κ1) is 26.7. The van der Waals surface area contributed by atoms with Crippen molar-refractivity contribution >= 4 is 23.4 Å². The van der Waals surface area contributed by atoms with Crippen molar-refractivity contribution in [1.29, 1.82) is 0 Å². The number of ether oxygens (including phenoxy) is 2. The molecule has 3 heterocycles. The van der Waals surface area contributed by atoms with Crippen LogP contribution in [0, 0.1) is 0 Å². The van der Waals surface area contributed by atoms with Gasteiger partial charge < -0.3 is 19.7 Å². The predicted octanol–water partition coefficient (Wildman–Crippen LogP) is 5.81. The molecular weight excluding hydrogens is 511 g/mol. The van der Waals surface area contributed by atoms with Gasteiger partial charge in [-0.25, -0.2) is 14.8 Å². The van der Waals surface area contributed by atoms with Crippen LogP contribution >= 0.6 is 0 Å². The van der Waals surface area contributed by atoms with E-state index in [9.17, 15) is 18.0 Å². The Morgan fingerprint density at radius 1 is 1.10 bits per heavy atom. The molecule has 0 saturated carbocycles. The van der Waals surface area contributed by atoms with Crippen LogP contribution in [0.5, 0.6) is 0 Å². The minimum Gasteiger partial charge on any atom is -0.444 e. The lowest BCUT2D eigenvalue weighted by Crippen LogP contribution is -2.46. The monoisotopic (exact) mass is 541 g/mol. The summed E-state index contributed by atoms with van der Waals surface area (Å²) in [6.07, 6.45) is -0.801. The largest absolute Gasteiger partial charge is 0.444 e. The van der Waals surface area contributed by atoms with Gasteiger partial charge in [0.15, 0.2) is 0 Å². The quantitative estimate of drug-likeness (QED) is 0.422. The molecular formula is C28H30F3N5O3. The Morgan fingerprint density at radius 3 is 2.49 bits per heavy atom. The molecule has 1 saturated heterocycles. The number of halogens is 3. The number of hydrogen-bond donors (Lipinski definition) is 1. The van der Waals surface area contributed by atoms with Gasteiger partial charge in [-0.05, 0) is 42.2 Å². The van der Waals surface area contributed by atoms with Gasteiger partial charge in [0.25, 0.3) is 0 Å². The molecule has 11 heteroatoms. The molecule has 3 aromatic rings. The maximum absolute atomic E-state index is 13.7. The average molecular weight is 542 g/mol. The number of fused-ring (bicyclic) bond motifs is 1. The summed E-state index contributed by atoms with van der Waals surface area (Å²) in [5.41, 5.74) is 1.60. The summed E-state index contributed by atoms with van der Waals surface area (Å²) in [5, 5.41) is 3.22. The van der Waals surface area contributed by atoms with E-state index in [1.54, 1.807) is 12.4 Å². The number of carbonyl (C=O) groups is 1. The van der Waals surface area contributed by atoms with Gasteiger partial charge in [0.2, 0.25) is 5.95 Å². The molecule has 2 atom stereocenters. The average Bonchev–Trinajstić information content (AvgIpc) is 2.96. The van der Waals surface area contributed by atoms with Crippen molar-refractivity contribution in [2.45, 2.75) is 44.6 Å². The second-order valence-electron chi connectivity index (χ2n) is 9.54. The van der Waals surface area contributed by atoms with Crippen LogP contribution in [0.4, 0.5) is 35.3 Å². The van der Waals surface area contributed by atoms with Gasteiger partial charge in [-0.1, -0.05) is 37.3 Å². The molecule has 1 amide bonds. The Kier molecular flexibility index (Phi) is 7.87. The van der Waals surface area contributed by atoms with Gasteiger partial charge in [-0.15, -0.1) is 0 Å². The third-order valence-electron chi connectivity index (χ3n) is 7.05. The van der Waals surface area contributed by atoms with Crippen LogP contribution in [0.15, 0.2) is 60.9 Å². The molecule has 2 aliphatic rings. The number of alkyl halides is 3. The number of hydrogen-bond acceptors (Lipinski definition) is 7. The highest BCUT2D eigenvalue weighted by atomic mass is 19.4. The fourth-order valence-corrected chi connectivity index (χ4v) is 4.99. The number of nitrogens with zero attached hydrogens (tertiary/aromatic N) is 4. The molecule has 0 bridgehead atoms. The van der Waals surface area contributed by atoms with Crippen molar-refractivity contribution < 1.29 is 27.4 Å². The molecule has 8 nitrogen and oxygen atoms in total. The summed E-state index contributed by atoms with van der Waals surface area (Å²) in [6.45, 7) is 4.73. The first-order valence-electron chi connectivity index (χ1n) is 13.0. The molecule has 1 aromatic heterocycles. The van der Waals surface area contributed by atoms with E-state index in [1.165, 1.54) is 11.0 Å². The summed E-state index contributed by atoms with van der Waals surface area (Å²) in [5.74, 6) is 0.301. The van der Waals surface area contributed by atoms with E-state index in [0.717, 1.165) is 36.5 Å². The normalized spacial score (nSPS) is 19.4. The Hall–Kier alpha value is -3.86. The van der Waals surface area contributed by atoms with E-state index in [4.69, 9.17) is 9.47 Å². The van der Waals surface area contributed by atoms with Crippen LogP contribution in [0.3, 0.4) is 0 Å². The smallest absolute Gasteiger partial charge is 0.416 e. The minimum atomic E-state index is -4.53. The SMILES string of the molecule is CC[C@@H]1C[C@H](Nc2ncc(N3CCOCC3)cn2)c2cc(C(F)(F)F)ccc2N1C(=O)OCc1ccccc1. The molecule has 206 valence electrons. The van der Waals surface area contributed by atoms with Crippen molar-refractivity contribution in [3.63, 3.8) is 0 Å². The third-order valence-corrected chi connectivity index (χ3v) is 7.05. The Balaban J connectivity index is 1.41. The number of nitrogens with one attached hydrogen (secondary N) is 1. The summed E-state index contributed by atoms with van der Waals surface area (Å²) >= 11 is 0. The van der Waals surface area contributed by atoms with E-state index in [2.05, 4.69) is 20.2 Å². The lowest BCUT2D eigenvalue weighted by molar-refractivity contribution is -0.137. The standard InChI is InChI=1S/C28H30F3N5O3/c1-2-21-15-24(34-26-32-16-22(17-33-26)35-10-12-38-13-11-35)23-14-20(28(29,30)31)8-9-25(23)36(21)27(37)39-18-19-6-4-3-5-7-19/h3-9,14,16-17,21,24H,2,10-13,15,18H2,1H3,(H,32,33,34)/t21-,24+/m1/s1. The van der Waals surface area contributed by atoms with Gasteiger partial charge in [-0.3, -0.25) is 4.90 Å². The number of carbonyl (C=O) groups excluding carboxylic acids is 1. The number of amides is 1. The van der Waals surface area contributed by atoms with Gasteiger partial charge >= 0.3 is 12.3 Å². The molecule has 0 aliphatic carbocycles. The maximum atomic E-state index is 13.7. The van der Waals surface area contributed by atoms with Crippen LogP contribution in [-0.2, 0) is 22.3 Å². The van der Waals surface area contributed by atoms with Crippen molar-refractivity contribution in [3.8, 4) is 0 Å². The molecule has 2 aliphatic heterocycles. The highest BCUT2D eigenvalue weighted by molar-refractivity contribution is 5.90. The van der Waals surface area contributed by atoms with Crippen molar-refractivity contribution in [1.82, 2.24) is 9.97 Å². The lowest BCUT2D eigenvalue weighted by atomic mass is 9.89. The van der Waals surface area contributed by atoms with Crippen LogP contribution in [0.2, 0.25) is 0 Å². The maximum Gasteiger partial charge on any atom is 0.416 e. The van der Waals surface area contributed by atoms with Crippen molar-refractivity contribution in [3.05, 3.63) is 77.6 Å². The predicted molar refractivity (Wildman–Crippen MR) is 141 cm³/mol. The zero-order valence-corrected chi connectivity index (χ0v) is 21.5. The minimum absolute atomic E-state index is 0.0631. The summed E-state index contributed by atoms with van der Waals surface area (Å²) in [7, 11) is 0. The van der Waals surface area contributed by atoms with Gasteiger partial charge in [-0.2, -0.15) is 13.2 Å². The zero-order chi connectivity index (χ0) is 27.4. The van der Waals surface area contributed by atoms with E-state index in [-0.39, 0.29) is 12.6 Å². The molecule has 0 spiro atoms. The Morgan fingerprint density at radius 2 is 1.82 bits per heavy atom. The van der Waals surface area contributed by atoms with Crippen LogP contribution in [-0.4, -0.2) is 48.4 Å². The summed E-state index contributed by atoms with van der Waals surface area (Å²) in [4.78, 5) is 25.7. The molecule has 39 heavy (non-hydrogen) atoms. The van der Waals surface area contributed by atoms with Gasteiger partial charge in [0.1, 0.15) is 6.61 Å². The van der Waals surface area contributed by atoms with Gasteiger partial charge in [0.05, 0.1) is 48.6 Å². The topological polar surface area (TPSA) is 79.8 Å². The van der Waals surface area contributed by atoms with Gasteiger partial charge in [0, 0.05) is 19.1 Å². The highest BCUT2D eigenvalue weighted by Crippen LogP contribution is 2.43. The fourth-order valence-electron chi connectivity index (χ4n) is 4.99. The second-order valence-corrected chi connectivity index (χ2v) is 9.54.